The third kappa shape index (κ3) is 2.76. The highest BCUT2D eigenvalue weighted by atomic mass is 16.5. The van der Waals surface area contributed by atoms with Gasteiger partial charge in [0.25, 0.3) is 0 Å². The number of hydrogen-bond donors (Lipinski definition) is 1. The number of hydrogen-bond acceptors (Lipinski definition) is 2. The lowest BCUT2D eigenvalue weighted by Gasteiger charge is -2.14. The maximum Gasteiger partial charge on any atom is 0.122 e. The molecule has 2 heteroatoms. The first kappa shape index (κ1) is 11.5. The molecule has 1 heterocycles. The number of ether oxygens (including phenoxy) is 1. The second kappa shape index (κ2) is 4.88. The average molecular weight is 219 g/mol. The Labute approximate surface area is 97.8 Å². The van der Waals surface area contributed by atoms with Crippen LogP contribution in [-0.2, 0) is 12.8 Å². The van der Waals surface area contributed by atoms with Crippen LogP contribution in [0.25, 0.3) is 0 Å². The summed E-state index contributed by atoms with van der Waals surface area (Å²) in [5, 5.41) is 0. The summed E-state index contributed by atoms with van der Waals surface area (Å²) >= 11 is 0. The first-order chi connectivity index (χ1) is 7.65. The van der Waals surface area contributed by atoms with Crippen molar-refractivity contribution in [1.82, 2.24) is 0 Å². The van der Waals surface area contributed by atoms with E-state index in [4.69, 9.17) is 10.5 Å². The van der Waals surface area contributed by atoms with Gasteiger partial charge in [-0.25, -0.2) is 0 Å². The third-order valence-corrected chi connectivity index (χ3v) is 3.03. The monoisotopic (exact) mass is 219 g/mol. The standard InChI is InChI=1S/C14H21NO/c1-10(2)7-13(15)8-11-3-4-12-5-6-16-14(12)9-11/h3-4,9-10,13H,5-8,15H2,1-2H3. The topological polar surface area (TPSA) is 35.2 Å². The molecule has 2 nitrogen and oxygen atoms in total. The molecule has 1 unspecified atom stereocenters. The van der Waals surface area contributed by atoms with E-state index >= 15 is 0 Å². The molecule has 0 fully saturated rings. The average Bonchev–Trinajstić information content (AvgIpc) is 2.63. The summed E-state index contributed by atoms with van der Waals surface area (Å²) in [7, 11) is 0. The predicted octanol–water partition coefficient (Wildman–Crippen LogP) is 2.54. The molecule has 1 atom stereocenters. The molecule has 0 saturated carbocycles. The van der Waals surface area contributed by atoms with E-state index in [2.05, 4.69) is 32.0 Å². The molecule has 16 heavy (non-hydrogen) atoms. The van der Waals surface area contributed by atoms with Gasteiger partial charge in [-0.05, 0) is 36.0 Å². The molecule has 1 aliphatic rings. The van der Waals surface area contributed by atoms with Gasteiger partial charge in [-0.1, -0.05) is 26.0 Å². The zero-order chi connectivity index (χ0) is 11.5. The number of nitrogens with two attached hydrogens (primary N) is 1. The largest absolute Gasteiger partial charge is 0.493 e. The fourth-order valence-corrected chi connectivity index (χ4v) is 2.33. The summed E-state index contributed by atoms with van der Waals surface area (Å²) in [6.07, 6.45) is 3.08. The van der Waals surface area contributed by atoms with Gasteiger partial charge in [0, 0.05) is 12.5 Å². The molecule has 0 radical (unpaired) electrons. The highest BCUT2D eigenvalue weighted by molar-refractivity contribution is 5.40. The Balaban J connectivity index is 1.99. The summed E-state index contributed by atoms with van der Waals surface area (Å²) in [5.74, 6) is 1.73. The van der Waals surface area contributed by atoms with Crippen molar-refractivity contribution in [2.24, 2.45) is 11.7 Å². The predicted molar refractivity (Wildman–Crippen MR) is 66.8 cm³/mol. The van der Waals surface area contributed by atoms with Crippen LogP contribution in [0, 0.1) is 5.92 Å². The van der Waals surface area contributed by atoms with E-state index < -0.39 is 0 Å². The summed E-state index contributed by atoms with van der Waals surface area (Å²) in [6.45, 7) is 5.26. The summed E-state index contributed by atoms with van der Waals surface area (Å²) in [6, 6.07) is 6.79. The Kier molecular flexibility index (Phi) is 3.49. The zero-order valence-corrected chi connectivity index (χ0v) is 10.2. The van der Waals surface area contributed by atoms with E-state index in [1.165, 1.54) is 11.1 Å². The molecular weight excluding hydrogens is 198 g/mol. The van der Waals surface area contributed by atoms with Crippen LogP contribution in [0.2, 0.25) is 0 Å². The Morgan fingerprint density at radius 2 is 2.19 bits per heavy atom. The molecule has 1 aromatic carbocycles. The van der Waals surface area contributed by atoms with E-state index in [1.54, 1.807) is 0 Å². The molecule has 2 N–H and O–H groups in total. The first-order valence-corrected chi connectivity index (χ1v) is 6.15. The lowest BCUT2D eigenvalue weighted by atomic mass is 9.97. The highest BCUT2D eigenvalue weighted by Gasteiger charge is 2.13. The molecule has 0 bridgehead atoms. The van der Waals surface area contributed by atoms with Crippen LogP contribution in [0.3, 0.4) is 0 Å². The van der Waals surface area contributed by atoms with Crippen LogP contribution in [0.15, 0.2) is 18.2 Å². The fraction of sp³-hybridized carbons (Fsp3) is 0.571. The van der Waals surface area contributed by atoms with E-state index in [1.807, 2.05) is 0 Å². The molecule has 0 aliphatic carbocycles. The van der Waals surface area contributed by atoms with Crippen LogP contribution >= 0.6 is 0 Å². The van der Waals surface area contributed by atoms with Crippen molar-refractivity contribution in [2.75, 3.05) is 6.61 Å². The van der Waals surface area contributed by atoms with Crippen LogP contribution in [0.1, 0.15) is 31.4 Å². The molecule has 0 aromatic heterocycles. The van der Waals surface area contributed by atoms with Crippen LogP contribution in [0.4, 0.5) is 0 Å². The Hall–Kier alpha value is -1.02. The van der Waals surface area contributed by atoms with E-state index in [9.17, 15) is 0 Å². The summed E-state index contributed by atoms with van der Waals surface area (Å²) in [5.41, 5.74) is 8.75. The van der Waals surface area contributed by atoms with Gasteiger partial charge in [0.15, 0.2) is 0 Å². The second-order valence-electron chi connectivity index (χ2n) is 5.13. The highest BCUT2D eigenvalue weighted by Crippen LogP contribution is 2.26. The quantitative estimate of drug-likeness (QED) is 0.844. The minimum absolute atomic E-state index is 0.263. The van der Waals surface area contributed by atoms with Crippen molar-refractivity contribution in [1.29, 1.82) is 0 Å². The summed E-state index contributed by atoms with van der Waals surface area (Å²) in [4.78, 5) is 0. The van der Waals surface area contributed by atoms with Gasteiger partial charge in [0.1, 0.15) is 5.75 Å². The van der Waals surface area contributed by atoms with Crippen LogP contribution in [0.5, 0.6) is 5.75 Å². The van der Waals surface area contributed by atoms with Gasteiger partial charge in [-0.15, -0.1) is 0 Å². The van der Waals surface area contributed by atoms with Crippen molar-refractivity contribution in [3.05, 3.63) is 29.3 Å². The van der Waals surface area contributed by atoms with Gasteiger partial charge < -0.3 is 10.5 Å². The first-order valence-electron chi connectivity index (χ1n) is 6.15. The molecule has 0 spiro atoms. The molecule has 1 aliphatic heterocycles. The Bertz CT molecular complexity index is 360. The van der Waals surface area contributed by atoms with Crippen molar-refractivity contribution in [3.8, 4) is 5.75 Å². The van der Waals surface area contributed by atoms with E-state index in [-0.39, 0.29) is 6.04 Å². The van der Waals surface area contributed by atoms with Gasteiger partial charge >= 0.3 is 0 Å². The number of rotatable bonds is 4. The molecule has 88 valence electrons. The zero-order valence-electron chi connectivity index (χ0n) is 10.2. The second-order valence-corrected chi connectivity index (χ2v) is 5.13. The Morgan fingerprint density at radius 1 is 1.38 bits per heavy atom. The maximum atomic E-state index is 6.11. The fourth-order valence-electron chi connectivity index (χ4n) is 2.33. The van der Waals surface area contributed by atoms with E-state index in [0.717, 1.165) is 31.6 Å². The minimum Gasteiger partial charge on any atom is -0.493 e. The van der Waals surface area contributed by atoms with Crippen LogP contribution in [-0.4, -0.2) is 12.6 Å². The minimum atomic E-state index is 0.263. The van der Waals surface area contributed by atoms with E-state index in [0.29, 0.717) is 5.92 Å². The lowest BCUT2D eigenvalue weighted by Crippen LogP contribution is -2.24. The van der Waals surface area contributed by atoms with Gasteiger partial charge in [-0.3, -0.25) is 0 Å². The van der Waals surface area contributed by atoms with Crippen molar-refractivity contribution in [2.45, 2.75) is 39.2 Å². The van der Waals surface area contributed by atoms with Gasteiger partial charge in [0.2, 0.25) is 0 Å². The number of fused-ring (bicyclic) bond motifs is 1. The van der Waals surface area contributed by atoms with Crippen molar-refractivity contribution < 1.29 is 4.74 Å². The lowest BCUT2D eigenvalue weighted by molar-refractivity contribution is 0.356. The molecular formula is C14H21NO. The van der Waals surface area contributed by atoms with Crippen molar-refractivity contribution in [3.63, 3.8) is 0 Å². The molecule has 1 aromatic rings. The molecule has 0 saturated heterocycles. The van der Waals surface area contributed by atoms with Gasteiger partial charge in [-0.2, -0.15) is 0 Å². The Morgan fingerprint density at radius 3 is 2.94 bits per heavy atom. The normalized spacial score (nSPS) is 16.0. The smallest absolute Gasteiger partial charge is 0.122 e. The molecule has 2 rings (SSSR count). The maximum absolute atomic E-state index is 6.11. The number of benzene rings is 1. The molecule has 0 amide bonds. The van der Waals surface area contributed by atoms with Crippen molar-refractivity contribution >= 4 is 0 Å². The SMILES string of the molecule is CC(C)CC(N)Cc1ccc2c(c1)OCC2. The third-order valence-electron chi connectivity index (χ3n) is 3.03. The summed E-state index contributed by atoms with van der Waals surface area (Å²) < 4.78 is 5.56. The van der Waals surface area contributed by atoms with Crippen LogP contribution < -0.4 is 10.5 Å². The van der Waals surface area contributed by atoms with Gasteiger partial charge in [0.05, 0.1) is 6.61 Å².